The summed E-state index contributed by atoms with van der Waals surface area (Å²) in [7, 11) is 0. The molecule has 4 aliphatic rings. The molecule has 6 nitrogen and oxygen atoms in total. The third-order valence-corrected chi connectivity index (χ3v) is 7.83. The van der Waals surface area contributed by atoms with Crippen LogP contribution >= 0.6 is 11.6 Å². The molecule has 5 atom stereocenters. The van der Waals surface area contributed by atoms with Crippen molar-refractivity contribution in [1.82, 2.24) is 0 Å². The van der Waals surface area contributed by atoms with E-state index < -0.39 is 29.1 Å². The quantitative estimate of drug-likeness (QED) is 0.664. The monoisotopic (exact) mass is 440 g/mol. The average molecular weight is 441 g/mol. The van der Waals surface area contributed by atoms with Crippen molar-refractivity contribution in [3.05, 3.63) is 58.4 Å². The zero-order chi connectivity index (χ0) is 21.7. The number of quaternary nitrogens is 1. The van der Waals surface area contributed by atoms with Crippen LogP contribution in [-0.2, 0) is 19.9 Å². The highest BCUT2D eigenvalue weighted by Crippen LogP contribution is 2.52. The predicted octanol–water partition coefficient (Wildman–Crippen LogP) is 1.80. The van der Waals surface area contributed by atoms with Gasteiger partial charge in [0.2, 0.25) is 17.4 Å². The second kappa shape index (κ2) is 6.14. The first-order valence-corrected chi connectivity index (χ1v) is 10.8. The number of nitrogens with zero attached hydrogens (tertiary/aromatic N) is 1. The van der Waals surface area contributed by atoms with E-state index in [1.54, 1.807) is 18.2 Å². The van der Waals surface area contributed by atoms with Crippen LogP contribution in [0.25, 0.3) is 0 Å². The van der Waals surface area contributed by atoms with Gasteiger partial charge in [-0.2, -0.15) is 0 Å². The van der Waals surface area contributed by atoms with Crippen molar-refractivity contribution in [2.24, 2.45) is 11.8 Å². The van der Waals surface area contributed by atoms with Gasteiger partial charge >= 0.3 is 0 Å². The number of imide groups is 1. The van der Waals surface area contributed by atoms with Crippen molar-refractivity contribution in [2.75, 3.05) is 16.8 Å². The normalized spacial score (nSPS) is 33.1. The molecule has 1 spiro atoms. The molecule has 0 bridgehead atoms. The van der Waals surface area contributed by atoms with Crippen LogP contribution in [0.5, 0.6) is 0 Å². The Morgan fingerprint density at radius 2 is 1.97 bits per heavy atom. The smallest absolute Gasteiger partial charge is 0.291 e. The lowest BCUT2D eigenvalue weighted by molar-refractivity contribution is -0.948. The highest BCUT2D eigenvalue weighted by molar-refractivity contribution is 6.31. The summed E-state index contributed by atoms with van der Waals surface area (Å²) in [6.07, 6.45) is 1.60. The maximum atomic E-state index is 14.3. The number of halogens is 2. The highest BCUT2D eigenvalue weighted by atomic mass is 35.5. The first kappa shape index (κ1) is 19.0. The van der Waals surface area contributed by atoms with Gasteiger partial charge in [0.25, 0.3) is 5.91 Å². The molecule has 1 unspecified atom stereocenters. The lowest BCUT2D eigenvalue weighted by atomic mass is 9.75. The maximum absolute atomic E-state index is 14.3. The molecular weight excluding hydrogens is 421 g/mol. The van der Waals surface area contributed by atoms with Gasteiger partial charge in [0, 0.05) is 23.4 Å². The minimum Gasteiger partial charge on any atom is -0.320 e. The van der Waals surface area contributed by atoms with Gasteiger partial charge in [-0.3, -0.25) is 14.4 Å². The lowest BCUT2D eigenvalue weighted by Gasteiger charge is -2.33. The number of rotatable bonds is 1. The molecule has 0 aromatic heterocycles. The number of aryl methyl sites for hydroxylation is 1. The van der Waals surface area contributed by atoms with Gasteiger partial charge in [0.15, 0.2) is 0 Å². The molecule has 4 heterocycles. The van der Waals surface area contributed by atoms with Crippen LogP contribution in [-0.4, -0.2) is 30.3 Å². The summed E-state index contributed by atoms with van der Waals surface area (Å²) in [4.78, 5) is 43.2. The predicted molar refractivity (Wildman–Crippen MR) is 111 cm³/mol. The fraction of sp³-hybridized carbons (Fsp3) is 0.348. The van der Waals surface area contributed by atoms with Crippen LogP contribution in [0.15, 0.2) is 36.4 Å². The second-order valence-electron chi connectivity index (χ2n) is 8.92. The van der Waals surface area contributed by atoms with Gasteiger partial charge in [0.1, 0.15) is 23.7 Å². The van der Waals surface area contributed by atoms with Crippen molar-refractivity contribution in [1.29, 1.82) is 0 Å². The lowest BCUT2D eigenvalue weighted by Crippen LogP contribution is -3.19. The summed E-state index contributed by atoms with van der Waals surface area (Å²) in [5.74, 6) is -2.99. The van der Waals surface area contributed by atoms with Crippen LogP contribution in [0, 0.1) is 24.6 Å². The largest absolute Gasteiger partial charge is 0.320 e. The Labute approximate surface area is 183 Å². The van der Waals surface area contributed by atoms with Crippen molar-refractivity contribution in [3.8, 4) is 0 Å². The van der Waals surface area contributed by atoms with Gasteiger partial charge in [-0.1, -0.05) is 17.7 Å². The van der Waals surface area contributed by atoms with Gasteiger partial charge in [-0.15, -0.1) is 0 Å². The molecule has 2 aromatic rings. The van der Waals surface area contributed by atoms with Crippen LogP contribution < -0.4 is 15.1 Å². The molecule has 6 rings (SSSR count). The van der Waals surface area contributed by atoms with E-state index in [1.165, 1.54) is 23.1 Å². The third-order valence-electron chi connectivity index (χ3n) is 7.59. The van der Waals surface area contributed by atoms with E-state index in [9.17, 15) is 18.8 Å². The molecule has 4 aliphatic heterocycles. The molecule has 0 aliphatic carbocycles. The van der Waals surface area contributed by atoms with Gasteiger partial charge in [-0.05, 0) is 42.8 Å². The van der Waals surface area contributed by atoms with E-state index in [1.807, 2.05) is 6.92 Å². The fourth-order valence-electron chi connectivity index (χ4n) is 6.49. The van der Waals surface area contributed by atoms with E-state index >= 15 is 0 Å². The standard InChI is InChI=1S/C23H19ClFN3O3/c1-11-4-5-12(24)9-17(11)28-20(29)18-16-3-2-8-27(16)23(19(18)21(28)30)14-10-13(25)6-7-15(14)26-22(23)31/h4-7,9-10,16,18-19H,2-3,8H2,1H3,(H,26,31)/p+1/t16-,18+,19+,23-/m1/s1. The molecule has 3 fully saturated rings. The first-order valence-electron chi connectivity index (χ1n) is 10.5. The van der Waals surface area contributed by atoms with Crippen LogP contribution in [0.4, 0.5) is 15.8 Å². The molecule has 31 heavy (non-hydrogen) atoms. The number of amides is 3. The van der Waals surface area contributed by atoms with E-state index in [-0.39, 0.29) is 17.9 Å². The minimum absolute atomic E-state index is 0.161. The molecule has 8 heteroatoms. The molecule has 2 N–H and O–H groups in total. The van der Waals surface area contributed by atoms with Crippen molar-refractivity contribution < 1.29 is 23.7 Å². The number of carbonyl (C=O) groups is 3. The molecule has 158 valence electrons. The first-order chi connectivity index (χ1) is 14.9. The Morgan fingerprint density at radius 1 is 1.16 bits per heavy atom. The third kappa shape index (κ3) is 2.18. The molecule has 3 saturated heterocycles. The maximum Gasteiger partial charge on any atom is 0.291 e. The number of nitrogens with one attached hydrogen (secondary N) is 2. The van der Waals surface area contributed by atoms with E-state index in [0.29, 0.717) is 28.5 Å². The summed E-state index contributed by atoms with van der Waals surface area (Å²) in [6.45, 7) is 2.48. The zero-order valence-electron chi connectivity index (χ0n) is 16.7. The minimum atomic E-state index is -1.29. The fourth-order valence-corrected chi connectivity index (χ4v) is 6.66. The Morgan fingerprint density at radius 3 is 2.77 bits per heavy atom. The van der Waals surface area contributed by atoms with Gasteiger partial charge in [0.05, 0.1) is 17.9 Å². The summed E-state index contributed by atoms with van der Waals surface area (Å²) < 4.78 is 14.3. The van der Waals surface area contributed by atoms with Gasteiger partial charge in [-0.25, -0.2) is 9.29 Å². The van der Waals surface area contributed by atoms with Crippen molar-refractivity contribution >= 4 is 40.7 Å². The summed E-state index contributed by atoms with van der Waals surface area (Å²) >= 11 is 6.17. The Hall–Kier alpha value is -2.77. The number of carbonyl (C=O) groups excluding carboxylic acids is 3. The molecule has 0 radical (unpaired) electrons. The number of fused-ring (bicyclic) bond motifs is 7. The number of anilines is 2. The Kier molecular flexibility index (Phi) is 3.76. The summed E-state index contributed by atoms with van der Waals surface area (Å²) in [5.41, 5.74) is 0.903. The molecule has 2 aromatic carbocycles. The molecular formula is C23H20ClFN3O3+. The number of hydrogen-bond acceptors (Lipinski definition) is 3. The summed E-state index contributed by atoms with van der Waals surface area (Å²) in [5, 5.41) is 3.29. The van der Waals surface area contributed by atoms with Crippen LogP contribution in [0.1, 0.15) is 24.0 Å². The molecule has 0 saturated carbocycles. The van der Waals surface area contributed by atoms with E-state index in [4.69, 9.17) is 11.6 Å². The SMILES string of the molecule is Cc1ccc(Cl)cc1N1C(=O)[C@H]2[C@H]3CCC[NH+]3[C@@]3(C(=O)Nc4ccc(F)cc43)[C@@H]2C1=O. The number of hydrogen-bond donors (Lipinski definition) is 2. The van der Waals surface area contributed by atoms with Gasteiger partial charge < -0.3 is 10.2 Å². The van der Waals surface area contributed by atoms with Crippen LogP contribution in [0.3, 0.4) is 0 Å². The average Bonchev–Trinajstić information content (AvgIpc) is 3.43. The Bertz CT molecular complexity index is 1200. The second-order valence-corrected chi connectivity index (χ2v) is 9.36. The van der Waals surface area contributed by atoms with Crippen molar-refractivity contribution in [3.63, 3.8) is 0 Å². The number of benzene rings is 2. The highest BCUT2D eigenvalue weighted by Gasteiger charge is 2.78. The topological polar surface area (TPSA) is 70.9 Å². The molecule has 3 amide bonds. The summed E-state index contributed by atoms with van der Waals surface area (Å²) in [6, 6.07) is 9.11. The van der Waals surface area contributed by atoms with E-state index in [2.05, 4.69) is 5.32 Å². The Balaban J connectivity index is 1.58. The zero-order valence-corrected chi connectivity index (χ0v) is 17.5. The van der Waals surface area contributed by atoms with E-state index in [0.717, 1.165) is 23.3 Å². The van der Waals surface area contributed by atoms with Crippen LogP contribution in [0.2, 0.25) is 5.02 Å². The van der Waals surface area contributed by atoms with Crippen molar-refractivity contribution in [2.45, 2.75) is 31.3 Å².